The topological polar surface area (TPSA) is 77.2 Å². The molecular formula is C14H14ClN3O2. The number of methoxy groups -OCH3 is 1. The molecule has 2 aromatic rings. The normalized spacial score (nSPS) is 10.2. The smallest absolute Gasteiger partial charge is 0.340 e. The average molecular weight is 292 g/mol. The van der Waals surface area contributed by atoms with Gasteiger partial charge in [0.25, 0.3) is 0 Å². The van der Waals surface area contributed by atoms with E-state index in [4.69, 9.17) is 17.3 Å². The fourth-order valence-electron chi connectivity index (χ4n) is 1.70. The lowest BCUT2D eigenvalue weighted by molar-refractivity contribution is 0.0602. The molecule has 0 saturated heterocycles. The van der Waals surface area contributed by atoms with Crippen molar-refractivity contribution in [3.8, 4) is 0 Å². The number of anilines is 3. The molecule has 0 fully saturated rings. The summed E-state index contributed by atoms with van der Waals surface area (Å²) in [6.07, 6.45) is 1.41. The molecule has 1 aromatic carbocycles. The van der Waals surface area contributed by atoms with Gasteiger partial charge in [0.15, 0.2) is 0 Å². The summed E-state index contributed by atoms with van der Waals surface area (Å²) in [5.74, 6) is -0.0132. The van der Waals surface area contributed by atoms with Gasteiger partial charge in [-0.05, 0) is 30.7 Å². The molecule has 6 heteroatoms. The van der Waals surface area contributed by atoms with Crippen molar-refractivity contribution in [3.63, 3.8) is 0 Å². The Morgan fingerprint density at radius 1 is 1.45 bits per heavy atom. The maximum Gasteiger partial charge on any atom is 0.340 e. The minimum absolute atomic E-state index is 0.268. The number of pyridine rings is 1. The third-order valence-corrected chi connectivity index (χ3v) is 3.28. The van der Waals surface area contributed by atoms with Crippen LogP contribution in [0.25, 0.3) is 0 Å². The summed E-state index contributed by atoms with van der Waals surface area (Å²) in [7, 11) is 1.30. The van der Waals surface area contributed by atoms with Gasteiger partial charge in [-0.25, -0.2) is 9.78 Å². The Morgan fingerprint density at radius 2 is 2.20 bits per heavy atom. The second-order valence-corrected chi connectivity index (χ2v) is 4.59. The number of nitrogens with zero attached hydrogens (tertiary/aromatic N) is 1. The Morgan fingerprint density at radius 3 is 2.90 bits per heavy atom. The number of nitrogen functional groups attached to an aromatic ring is 1. The number of aromatic nitrogens is 1. The van der Waals surface area contributed by atoms with E-state index in [0.29, 0.717) is 10.8 Å². The number of halogens is 1. The molecule has 0 atom stereocenters. The highest BCUT2D eigenvalue weighted by molar-refractivity contribution is 6.31. The number of esters is 1. The third kappa shape index (κ3) is 2.83. The first kappa shape index (κ1) is 14.1. The number of nitrogens with one attached hydrogen (secondary N) is 1. The minimum atomic E-state index is -0.504. The fraction of sp³-hybridized carbons (Fsp3) is 0.143. The van der Waals surface area contributed by atoms with Gasteiger partial charge in [-0.1, -0.05) is 17.7 Å². The van der Waals surface area contributed by atoms with Crippen molar-refractivity contribution in [2.75, 3.05) is 18.2 Å². The number of hydrogen-bond donors (Lipinski definition) is 2. The number of ether oxygens (including phenoxy) is 1. The summed E-state index contributed by atoms with van der Waals surface area (Å²) >= 11 is 6.05. The molecular weight excluding hydrogens is 278 g/mol. The Bertz CT molecular complexity index is 659. The van der Waals surface area contributed by atoms with Gasteiger partial charge in [0, 0.05) is 10.7 Å². The Balaban J connectivity index is 2.35. The maximum atomic E-state index is 11.6. The number of carbonyl (C=O) groups is 1. The van der Waals surface area contributed by atoms with Gasteiger partial charge < -0.3 is 15.8 Å². The van der Waals surface area contributed by atoms with Crippen LogP contribution in [0.1, 0.15) is 15.9 Å². The van der Waals surface area contributed by atoms with Crippen molar-refractivity contribution in [1.29, 1.82) is 0 Å². The lowest BCUT2D eigenvalue weighted by Gasteiger charge is -2.11. The predicted octanol–water partition coefficient (Wildman–Crippen LogP) is 3.16. The lowest BCUT2D eigenvalue weighted by Crippen LogP contribution is -2.07. The maximum absolute atomic E-state index is 11.6. The molecule has 2 rings (SSSR count). The van der Waals surface area contributed by atoms with Crippen molar-refractivity contribution in [1.82, 2.24) is 4.98 Å². The van der Waals surface area contributed by atoms with Crippen molar-refractivity contribution in [3.05, 3.63) is 46.6 Å². The summed E-state index contributed by atoms with van der Waals surface area (Å²) in [5, 5.41) is 3.75. The van der Waals surface area contributed by atoms with Gasteiger partial charge in [0.2, 0.25) is 0 Å². The summed E-state index contributed by atoms with van der Waals surface area (Å²) in [6.45, 7) is 1.89. The van der Waals surface area contributed by atoms with Gasteiger partial charge >= 0.3 is 5.97 Å². The first-order valence-corrected chi connectivity index (χ1v) is 6.26. The van der Waals surface area contributed by atoms with E-state index in [1.54, 1.807) is 12.1 Å². The van der Waals surface area contributed by atoms with Crippen LogP contribution in [0.15, 0.2) is 30.5 Å². The highest BCUT2D eigenvalue weighted by Gasteiger charge is 2.12. The Labute approximate surface area is 121 Å². The molecule has 20 heavy (non-hydrogen) atoms. The molecule has 3 N–H and O–H groups in total. The van der Waals surface area contributed by atoms with Crippen LogP contribution in [0, 0.1) is 6.92 Å². The summed E-state index contributed by atoms with van der Waals surface area (Å²) in [4.78, 5) is 15.7. The van der Waals surface area contributed by atoms with Gasteiger partial charge in [-0.15, -0.1) is 0 Å². The summed E-state index contributed by atoms with van der Waals surface area (Å²) in [6, 6.07) is 7.05. The summed E-state index contributed by atoms with van der Waals surface area (Å²) in [5.41, 5.74) is 7.94. The van der Waals surface area contributed by atoms with E-state index in [1.807, 2.05) is 19.1 Å². The quantitative estimate of drug-likeness (QED) is 0.850. The first-order valence-electron chi connectivity index (χ1n) is 5.89. The molecule has 0 aliphatic rings. The van der Waals surface area contributed by atoms with E-state index in [-0.39, 0.29) is 11.3 Å². The van der Waals surface area contributed by atoms with E-state index in [1.165, 1.54) is 13.3 Å². The van der Waals surface area contributed by atoms with Crippen molar-refractivity contribution in [2.45, 2.75) is 6.92 Å². The van der Waals surface area contributed by atoms with Crippen LogP contribution in [0.2, 0.25) is 5.02 Å². The van der Waals surface area contributed by atoms with E-state index in [2.05, 4.69) is 15.0 Å². The van der Waals surface area contributed by atoms with Crippen molar-refractivity contribution in [2.24, 2.45) is 0 Å². The highest BCUT2D eigenvalue weighted by Crippen LogP contribution is 2.26. The zero-order chi connectivity index (χ0) is 14.7. The molecule has 0 spiro atoms. The molecule has 104 valence electrons. The molecule has 0 saturated carbocycles. The summed E-state index contributed by atoms with van der Waals surface area (Å²) < 4.78 is 4.67. The number of carbonyl (C=O) groups excluding carboxylic acids is 1. The number of benzene rings is 1. The standard InChI is InChI=1S/C14H14ClN3O2/c1-8-10(15)4-3-5-12(8)18-13-6-9(14(19)20-2)11(16)7-17-13/h3-7H,16H2,1-2H3,(H,17,18). The number of hydrogen-bond acceptors (Lipinski definition) is 5. The molecule has 0 bridgehead atoms. The highest BCUT2D eigenvalue weighted by atomic mass is 35.5. The van der Waals surface area contributed by atoms with Crippen LogP contribution in [0.3, 0.4) is 0 Å². The van der Waals surface area contributed by atoms with Crippen LogP contribution >= 0.6 is 11.6 Å². The second kappa shape index (κ2) is 5.79. The van der Waals surface area contributed by atoms with E-state index in [0.717, 1.165) is 11.3 Å². The van der Waals surface area contributed by atoms with Crippen LogP contribution in [0.4, 0.5) is 17.2 Å². The average Bonchev–Trinajstić information content (AvgIpc) is 2.45. The largest absolute Gasteiger partial charge is 0.465 e. The van der Waals surface area contributed by atoms with Crippen molar-refractivity contribution >= 4 is 34.8 Å². The van der Waals surface area contributed by atoms with E-state index < -0.39 is 5.97 Å². The van der Waals surface area contributed by atoms with E-state index >= 15 is 0 Å². The van der Waals surface area contributed by atoms with Crippen LogP contribution in [-0.4, -0.2) is 18.1 Å². The van der Waals surface area contributed by atoms with Gasteiger partial charge in [0.05, 0.1) is 24.6 Å². The molecule has 1 aromatic heterocycles. The molecule has 5 nitrogen and oxygen atoms in total. The monoisotopic (exact) mass is 291 g/mol. The van der Waals surface area contributed by atoms with Crippen LogP contribution < -0.4 is 11.1 Å². The molecule has 0 unspecified atom stereocenters. The van der Waals surface area contributed by atoms with Gasteiger partial charge in [-0.2, -0.15) is 0 Å². The number of rotatable bonds is 3. The number of nitrogens with two attached hydrogens (primary N) is 1. The molecule has 0 amide bonds. The lowest BCUT2D eigenvalue weighted by atomic mass is 10.2. The SMILES string of the molecule is COC(=O)c1cc(Nc2cccc(Cl)c2C)ncc1N. The second-order valence-electron chi connectivity index (χ2n) is 4.19. The zero-order valence-corrected chi connectivity index (χ0v) is 11.9. The van der Waals surface area contributed by atoms with E-state index in [9.17, 15) is 4.79 Å². The predicted molar refractivity (Wildman–Crippen MR) is 79.5 cm³/mol. The molecule has 0 radical (unpaired) electrons. The van der Waals surface area contributed by atoms with Crippen molar-refractivity contribution < 1.29 is 9.53 Å². The van der Waals surface area contributed by atoms with Crippen LogP contribution in [-0.2, 0) is 4.74 Å². The van der Waals surface area contributed by atoms with Gasteiger partial charge in [0.1, 0.15) is 5.82 Å². The molecule has 0 aliphatic heterocycles. The minimum Gasteiger partial charge on any atom is -0.465 e. The third-order valence-electron chi connectivity index (χ3n) is 2.87. The Hall–Kier alpha value is -2.27. The molecule has 0 aliphatic carbocycles. The zero-order valence-electron chi connectivity index (χ0n) is 11.1. The fourth-order valence-corrected chi connectivity index (χ4v) is 1.88. The van der Waals surface area contributed by atoms with Gasteiger partial charge in [-0.3, -0.25) is 0 Å². The first-order chi connectivity index (χ1) is 9.52. The van der Waals surface area contributed by atoms with Crippen LogP contribution in [0.5, 0.6) is 0 Å². The molecule has 1 heterocycles. The Kier molecular flexibility index (Phi) is 4.10.